The molecule has 0 aromatic carbocycles. The summed E-state index contributed by atoms with van der Waals surface area (Å²) in [5.74, 6) is -0.316. The Kier molecular flexibility index (Phi) is 2.55. The van der Waals surface area contributed by atoms with E-state index in [1.807, 2.05) is 0 Å². The molecule has 5 nitrogen and oxygen atoms in total. The average Bonchev–Trinajstić information content (AvgIpc) is 2.36. The summed E-state index contributed by atoms with van der Waals surface area (Å²) in [6.07, 6.45) is 0. The molecular weight excluding hydrogens is 170 g/mol. The third-order valence-electron chi connectivity index (χ3n) is 1.84. The maximum atomic E-state index is 11.3. The third-order valence-corrected chi connectivity index (χ3v) is 1.84. The van der Waals surface area contributed by atoms with Crippen LogP contribution in [0.3, 0.4) is 0 Å². The van der Waals surface area contributed by atoms with Gasteiger partial charge in [-0.25, -0.2) is 9.80 Å². The van der Waals surface area contributed by atoms with Gasteiger partial charge in [-0.05, 0) is 6.92 Å². The molecule has 72 valence electrons. The predicted octanol–water partition coefficient (Wildman–Crippen LogP) is -0.0389. The van der Waals surface area contributed by atoms with Crippen molar-refractivity contribution in [2.45, 2.75) is 6.92 Å². The molecule has 1 N–H and O–H groups in total. The van der Waals surface area contributed by atoms with Crippen LogP contribution < -0.4 is 5.43 Å². The second-order valence-electron chi connectivity index (χ2n) is 3.08. The Balaban J connectivity index is 2.52. The molecule has 0 bridgehead atoms. The summed E-state index contributed by atoms with van der Waals surface area (Å²) < 4.78 is 0. The van der Waals surface area contributed by atoms with Crippen molar-refractivity contribution in [3.05, 3.63) is 12.2 Å². The van der Waals surface area contributed by atoms with Crippen LogP contribution >= 0.6 is 0 Å². The lowest BCUT2D eigenvalue weighted by atomic mass is 10.3. The Labute approximate surface area is 77.0 Å². The maximum Gasteiger partial charge on any atom is 0.338 e. The molecule has 0 spiro atoms. The Morgan fingerprint density at radius 1 is 1.54 bits per heavy atom. The number of hydrogen-bond donors (Lipinski definition) is 1. The first-order chi connectivity index (χ1) is 6.02. The molecule has 1 aliphatic heterocycles. The van der Waals surface area contributed by atoms with Crippen molar-refractivity contribution in [2.24, 2.45) is 0 Å². The molecule has 0 aromatic heterocycles. The smallest absolute Gasteiger partial charge is 0.324 e. The van der Waals surface area contributed by atoms with Crippen LogP contribution in [0, 0.1) is 0 Å². The number of urea groups is 1. The number of carbonyl (C=O) groups is 2. The fraction of sp³-hybridized carbons (Fsp3) is 0.500. The lowest BCUT2D eigenvalue weighted by Crippen LogP contribution is -2.44. The van der Waals surface area contributed by atoms with Crippen molar-refractivity contribution in [3.63, 3.8) is 0 Å². The number of carbonyl (C=O) groups excluding carboxylic acids is 2. The fourth-order valence-electron chi connectivity index (χ4n) is 0.969. The number of hydrogen-bond acceptors (Lipinski definition) is 2. The second kappa shape index (κ2) is 3.47. The molecule has 0 atom stereocenters. The van der Waals surface area contributed by atoms with Crippen molar-refractivity contribution < 1.29 is 9.59 Å². The van der Waals surface area contributed by atoms with E-state index in [1.165, 1.54) is 5.01 Å². The number of nitrogens with zero attached hydrogens (tertiary/aromatic N) is 2. The quantitative estimate of drug-likeness (QED) is 0.611. The first-order valence-electron chi connectivity index (χ1n) is 4.01. The van der Waals surface area contributed by atoms with Crippen LogP contribution in [0.2, 0.25) is 0 Å². The first-order valence-corrected chi connectivity index (χ1v) is 4.01. The van der Waals surface area contributed by atoms with E-state index in [1.54, 1.807) is 18.9 Å². The maximum absolute atomic E-state index is 11.3. The highest BCUT2D eigenvalue weighted by Crippen LogP contribution is 2.02. The summed E-state index contributed by atoms with van der Waals surface area (Å²) in [6, 6.07) is -0.186. The van der Waals surface area contributed by atoms with Gasteiger partial charge in [0.25, 0.3) is 5.91 Å². The van der Waals surface area contributed by atoms with Crippen LogP contribution in [-0.2, 0) is 4.79 Å². The van der Waals surface area contributed by atoms with Crippen molar-refractivity contribution >= 4 is 11.9 Å². The summed E-state index contributed by atoms with van der Waals surface area (Å²) >= 11 is 0. The van der Waals surface area contributed by atoms with E-state index in [2.05, 4.69) is 12.0 Å². The largest absolute Gasteiger partial charge is 0.338 e. The number of amides is 3. The molecule has 0 aliphatic carbocycles. The van der Waals surface area contributed by atoms with E-state index in [-0.39, 0.29) is 11.9 Å². The van der Waals surface area contributed by atoms with Crippen LogP contribution in [-0.4, -0.2) is 42.0 Å². The lowest BCUT2D eigenvalue weighted by Gasteiger charge is -2.16. The van der Waals surface area contributed by atoms with E-state index in [0.29, 0.717) is 18.7 Å². The van der Waals surface area contributed by atoms with Crippen LogP contribution in [0.25, 0.3) is 0 Å². The summed E-state index contributed by atoms with van der Waals surface area (Å²) in [5.41, 5.74) is 2.85. The molecule has 1 saturated heterocycles. The van der Waals surface area contributed by atoms with Crippen LogP contribution in [0.15, 0.2) is 12.2 Å². The number of hydrazine groups is 1. The van der Waals surface area contributed by atoms with Gasteiger partial charge in [0.15, 0.2) is 0 Å². The zero-order chi connectivity index (χ0) is 10.0. The van der Waals surface area contributed by atoms with Gasteiger partial charge in [-0.2, -0.15) is 0 Å². The van der Waals surface area contributed by atoms with Gasteiger partial charge in [-0.3, -0.25) is 10.2 Å². The minimum atomic E-state index is -0.316. The summed E-state index contributed by atoms with van der Waals surface area (Å²) in [7, 11) is 1.69. The lowest BCUT2D eigenvalue weighted by molar-refractivity contribution is -0.120. The van der Waals surface area contributed by atoms with Crippen molar-refractivity contribution in [2.75, 3.05) is 20.1 Å². The van der Waals surface area contributed by atoms with E-state index in [0.717, 1.165) is 0 Å². The Hall–Kier alpha value is -1.52. The molecule has 0 saturated carbocycles. The first kappa shape index (κ1) is 9.57. The molecule has 5 heteroatoms. The predicted molar refractivity (Wildman–Crippen MR) is 47.7 cm³/mol. The van der Waals surface area contributed by atoms with Gasteiger partial charge in [-0.1, -0.05) is 6.58 Å². The summed E-state index contributed by atoms with van der Waals surface area (Å²) in [4.78, 5) is 23.9. The molecule has 13 heavy (non-hydrogen) atoms. The molecule has 1 rings (SSSR count). The molecule has 3 amide bonds. The highest BCUT2D eigenvalue weighted by atomic mass is 16.2. The highest BCUT2D eigenvalue weighted by molar-refractivity contribution is 5.93. The number of likely N-dealkylation sites (N-methyl/N-ethyl adjacent to an activating group) is 1. The fourth-order valence-corrected chi connectivity index (χ4v) is 0.969. The van der Waals surface area contributed by atoms with Crippen molar-refractivity contribution in [3.8, 4) is 0 Å². The minimum Gasteiger partial charge on any atom is -0.324 e. The van der Waals surface area contributed by atoms with E-state index >= 15 is 0 Å². The van der Waals surface area contributed by atoms with Crippen molar-refractivity contribution in [1.82, 2.24) is 15.3 Å². The van der Waals surface area contributed by atoms with Gasteiger partial charge in [-0.15, -0.1) is 0 Å². The Morgan fingerprint density at radius 2 is 2.15 bits per heavy atom. The summed E-state index contributed by atoms with van der Waals surface area (Å²) in [5, 5.41) is 1.29. The number of nitrogens with one attached hydrogen (secondary N) is 1. The third kappa shape index (κ3) is 1.99. The molecule has 1 aliphatic rings. The van der Waals surface area contributed by atoms with E-state index < -0.39 is 0 Å². The zero-order valence-corrected chi connectivity index (χ0v) is 7.83. The van der Waals surface area contributed by atoms with Crippen LogP contribution in [0.1, 0.15) is 6.92 Å². The monoisotopic (exact) mass is 183 g/mol. The topological polar surface area (TPSA) is 52.7 Å². The average molecular weight is 183 g/mol. The molecule has 0 aromatic rings. The van der Waals surface area contributed by atoms with E-state index in [4.69, 9.17) is 0 Å². The van der Waals surface area contributed by atoms with E-state index in [9.17, 15) is 9.59 Å². The van der Waals surface area contributed by atoms with Gasteiger partial charge in [0.2, 0.25) is 0 Å². The Bertz CT molecular complexity index is 262. The SMILES string of the molecule is C=C(C)C(=O)NN1CCN(C)C1=O. The van der Waals surface area contributed by atoms with Gasteiger partial charge in [0.05, 0.1) is 6.54 Å². The van der Waals surface area contributed by atoms with Crippen LogP contribution in [0.5, 0.6) is 0 Å². The normalized spacial score (nSPS) is 16.3. The van der Waals surface area contributed by atoms with Crippen LogP contribution in [0.4, 0.5) is 4.79 Å². The highest BCUT2D eigenvalue weighted by Gasteiger charge is 2.26. The van der Waals surface area contributed by atoms with Gasteiger partial charge in [0.1, 0.15) is 0 Å². The number of rotatable bonds is 2. The van der Waals surface area contributed by atoms with Gasteiger partial charge >= 0.3 is 6.03 Å². The van der Waals surface area contributed by atoms with Crippen molar-refractivity contribution in [1.29, 1.82) is 0 Å². The summed E-state index contributed by atoms with van der Waals surface area (Å²) in [6.45, 7) is 6.23. The minimum absolute atomic E-state index is 0.186. The molecule has 1 fully saturated rings. The zero-order valence-electron chi connectivity index (χ0n) is 7.83. The molecule has 1 heterocycles. The molecular formula is C8H13N3O2. The Morgan fingerprint density at radius 3 is 2.54 bits per heavy atom. The van der Waals surface area contributed by atoms with Gasteiger partial charge < -0.3 is 4.90 Å². The standard InChI is InChI=1S/C8H13N3O2/c1-6(2)7(12)9-11-5-4-10(3)8(11)13/h1,4-5H2,2-3H3,(H,9,12). The second-order valence-corrected chi connectivity index (χ2v) is 3.08. The molecule has 0 radical (unpaired) electrons. The van der Waals surface area contributed by atoms with Gasteiger partial charge in [0, 0.05) is 19.2 Å². The molecule has 0 unspecified atom stereocenters.